The average Bonchev–Trinajstić information content (AvgIpc) is 2.29. The number of primary amides is 1. The van der Waals surface area contributed by atoms with E-state index in [2.05, 4.69) is 5.32 Å². The minimum atomic E-state index is -0.833. The fourth-order valence-corrected chi connectivity index (χ4v) is 1.34. The number of phenols is 1. The second kappa shape index (κ2) is 8.52. The van der Waals surface area contributed by atoms with Crippen LogP contribution >= 0.6 is 0 Å². The number of carbonyl (C=O) groups excluding carboxylic acids is 2. The fraction of sp³-hybridized carbons (Fsp3) is 0.308. The minimum Gasteiger partial charge on any atom is -0.508 e. The number of hydrogen-bond donors (Lipinski definition) is 4. The summed E-state index contributed by atoms with van der Waals surface area (Å²) in [5.41, 5.74) is 5.97. The number of rotatable bonds is 4. The van der Waals surface area contributed by atoms with Gasteiger partial charge in [0.25, 0.3) is 5.97 Å². The summed E-state index contributed by atoms with van der Waals surface area (Å²) < 4.78 is 0. The molecule has 7 nitrogen and oxygen atoms in total. The number of carboxylic acids is 1. The standard InChI is InChI=1S/C11H14N2O3.C2H4O2/c1-7(14)13-10(11(12)16)6-8-2-4-9(15)5-3-8;1-2(3)4/h2-5,10,15H,6H2,1H3,(H2,12,16)(H,13,14);1H3,(H,3,4). The number of carbonyl (C=O) groups is 3. The van der Waals surface area contributed by atoms with Crippen molar-refractivity contribution >= 4 is 17.8 Å². The van der Waals surface area contributed by atoms with Gasteiger partial charge in [-0.25, -0.2) is 0 Å². The Morgan fingerprint density at radius 2 is 1.65 bits per heavy atom. The van der Waals surface area contributed by atoms with Crippen molar-refractivity contribution in [2.75, 3.05) is 0 Å². The molecule has 0 heterocycles. The van der Waals surface area contributed by atoms with Crippen molar-refractivity contribution < 1.29 is 24.6 Å². The first-order valence-electron chi connectivity index (χ1n) is 5.76. The summed E-state index contributed by atoms with van der Waals surface area (Å²) in [6.45, 7) is 2.41. The molecular weight excluding hydrogens is 264 g/mol. The van der Waals surface area contributed by atoms with Crippen molar-refractivity contribution in [1.29, 1.82) is 0 Å². The quantitative estimate of drug-likeness (QED) is 0.618. The maximum absolute atomic E-state index is 11.1. The summed E-state index contributed by atoms with van der Waals surface area (Å²) in [5.74, 6) is -1.57. The normalized spacial score (nSPS) is 10.7. The highest BCUT2D eigenvalue weighted by atomic mass is 16.4. The van der Waals surface area contributed by atoms with Crippen molar-refractivity contribution in [2.24, 2.45) is 5.73 Å². The van der Waals surface area contributed by atoms with E-state index in [0.717, 1.165) is 12.5 Å². The van der Waals surface area contributed by atoms with Crippen molar-refractivity contribution in [3.63, 3.8) is 0 Å². The third-order valence-corrected chi connectivity index (χ3v) is 2.10. The van der Waals surface area contributed by atoms with Gasteiger partial charge in [0.1, 0.15) is 11.8 Å². The molecule has 0 aliphatic carbocycles. The van der Waals surface area contributed by atoms with Crippen molar-refractivity contribution in [3.05, 3.63) is 29.8 Å². The van der Waals surface area contributed by atoms with E-state index in [-0.39, 0.29) is 11.7 Å². The number of carboxylic acid groups (broad SMARTS) is 1. The number of nitrogens with two attached hydrogens (primary N) is 1. The predicted molar refractivity (Wildman–Crippen MR) is 71.9 cm³/mol. The van der Waals surface area contributed by atoms with Crippen LogP contribution in [0, 0.1) is 0 Å². The molecule has 110 valence electrons. The lowest BCUT2D eigenvalue weighted by atomic mass is 10.1. The molecule has 1 aromatic rings. The van der Waals surface area contributed by atoms with Gasteiger partial charge >= 0.3 is 0 Å². The van der Waals surface area contributed by atoms with Gasteiger partial charge in [-0.3, -0.25) is 14.4 Å². The Morgan fingerprint density at radius 3 is 2.00 bits per heavy atom. The molecule has 7 heteroatoms. The molecule has 0 saturated carbocycles. The second-order valence-electron chi connectivity index (χ2n) is 4.05. The molecule has 1 rings (SSSR count). The molecule has 0 aliphatic rings. The minimum absolute atomic E-state index is 0.152. The van der Waals surface area contributed by atoms with Crippen molar-refractivity contribution in [3.8, 4) is 5.75 Å². The number of hydrogen-bond acceptors (Lipinski definition) is 4. The predicted octanol–water partition coefficient (Wildman–Crippen LogP) is 0.0156. The zero-order valence-electron chi connectivity index (χ0n) is 11.3. The van der Waals surface area contributed by atoms with E-state index in [1.54, 1.807) is 12.1 Å². The molecule has 0 spiro atoms. The Balaban J connectivity index is 0.000000796. The van der Waals surface area contributed by atoms with Crippen LogP contribution in [0.5, 0.6) is 5.75 Å². The van der Waals surface area contributed by atoms with Crippen LogP contribution < -0.4 is 11.1 Å². The first-order valence-corrected chi connectivity index (χ1v) is 5.76. The first-order chi connectivity index (χ1) is 9.22. The van der Waals surface area contributed by atoms with Crippen LogP contribution in [0.2, 0.25) is 0 Å². The highest BCUT2D eigenvalue weighted by Crippen LogP contribution is 2.11. The smallest absolute Gasteiger partial charge is 0.300 e. The Bertz CT molecular complexity index is 466. The van der Waals surface area contributed by atoms with Crippen LogP contribution in [0.3, 0.4) is 0 Å². The maximum Gasteiger partial charge on any atom is 0.300 e. The van der Waals surface area contributed by atoms with Gasteiger partial charge in [-0.05, 0) is 17.7 Å². The Labute approximate surface area is 116 Å². The van der Waals surface area contributed by atoms with Crippen molar-refractivity contribution in [2.45, 2.75) is 26.3 Å². The zero-order valence-corrected chi connectivity index (χ0v) is 11.3. The number of benzene rings is 1. The maximum atomic E-state index is 11.1. The van der Waals surface area contributed by atoms with E-state index in [1.165, 1.54) is 19.1 Å². The number of nitrogens with one attached hydrogen (secondary N) is 1. The zero-order chi connectivity index (χ0) is 15.7. The van der Waals surface area contributed by atoms with Gasteiger partial charge in [0, 0.05) is 20.3 Å². The molecule has 1 aromatic carbocycles. The Hall–Kier alpha value is -2.57. The van der Waals surface area contributed by atoms with E-state index in [9.17, 15) is 9.59 Å². The Kier molecular flexibility index (Phi) is 7.42. The number of phenolic OH excluding ortho intramolecular Hbond substituents is 1. The largest absolute Gasteiger partial charge is 0.508 e. The molecule has 0 aromatic heterocycles. The molecule has 1 atom stereocenters. The molecular formula is C13H18N2O5. The highest BCUT2D eigenvalue weighted by molar-refractivity contribution is 5.85. The van der Waals surface area contributed by atoms with Crippen LogP contribution in [-0.2, 0) is 20.8 Å². The second-order valence-corrected chi connectivity index (χ2v) is 4.05. The average molecular weight is 282 g/mol. The van der Waals surface area contributed by atoms with Gasteiger partial charge in [0.2, 0.25) is 11.8 Å². The van der Waals surface area contributed by atoms with Crippen LogP contribution in [0.4, 0.5) is 0 Å². The first kappa shape index (κ1) is 17.4. The molecule has 5 N–H and O–H groups in total. The summed E-state index contributed by atoms with van der Waals surface area (Å²) >= 11 is 0. The molecule has 0 radical (unpaired) electrons. The monoisotopic (exact) mass is 282 g/mol. The summed E-state index contributed by atoms with van der Waals surface area (Å²) in [4.78, 5) is 30.9. The van der Waals surface area contributed by atoms with E-state index < -0.39 is 17.9 Å². The summed E-state index contributed by atoms with van der Waals surface area (Å²) in [7, 11) is 0. The van der Waals surface area contributed by atoms with Crippen LogP contribution in [0.25, 0.3) is 0 Å². The van der Waals surface area contributed by atoms with Gasteiger partial charge in [-0.15, -0.1) is 0 Å². The van der Waals surface area contributed by atoms with Gasteiger partial charge in [-0.1, -0.05) is 12.1 Å². The Morgan fingerprint density at radius 1 is 1.20 bits per heavy atom. The van der Waals surface area contributed by atoms with Gasteiger partial charge in [0.05, 0.1) is 0 Å². The summed E-state index contributed by atoms with van der Waals surface area (Å²) in [6, 6.07) is 5.66. The van der Waals surface area contributed by atoms with Gasteiger partial charge < -0.3 is 21.3 Å². The summed E-state index contributed by atoms with van der Waals surface area (Å²) in [6.07, 6.45) is 0.315. The van der Waals surface area contributed by atoms with Crippen LogP contribution in [0.15, 0.2) is 24.3 Å². The fourth-order valence-electron chi connectivity index (χ4n) is 1.34. The lowest BCUT2D eigenvalue weighted by Gasteiger charge is -2.14. The summed E-state index contributed by atoms with van der Waals surface area (Å²) in [5, 5.41) is 19.0. The molecule has 0 fully saturated rings. The number of aliphatic carboxylic acids is 1. The SMILES string of the molecule is CC(=O)NC(Cc1ccc(O)cc1)C(N)=O.CC(=O)O. The number of aromatic hydroxyl groups is 1. The van der Waals surface area contributed by atoms with E-state index >= 15 is 0 Å². The molecule has 0 aliphatic heterocycles. The van der Waals surface area contributed by atoms with E-state index in [4.69, 9.17) is 20.7 Å². The lowest BCUT2D eigenvalue weighted by Crippen LogP contribution is -2.44. The molecule has 20 heavy (non-hydrogen) atoms. The van der Waals surface area contributed by atoms with Crippen LogP contribution in [0.1, 0.15) is 19.4 Å². The topological polar surface area (TPSA) is 130 Å². The van der Waals surface area contributed by atoms with Crippen LogP contribution in [-0.4, -0.2) is 34.0 Å². The molecule has 0 bridgehead atoms. The van der Waals surface area contributed by atoms with Crippen molar-refractivity contribution in [1.82, 2.24) is 5.32 Å². The third-order valence-electron chi connectivity index (χ3n) is 2.10. The lowest BCUT2D eigenvalue weighted by molar-refractivity contribution is -0.134. The molecule has 0 saturated heterocycles. The number of amides is 2. The van der Waals surface area contributed by atoms with E-state index in [0.29, 0.717) is 6.42 Å². The molecule has 2 amide bonds. The molecule has 1 unspecified atom stereocenters. The highest BCUT2D eigenvalue weighted by Gasteiger charge is 2.16. The van der Waals surface area contributed by atoms with E-state index in [1.807, 2.05) is 0 Å². The van der Waals surface area contributed by atoms with Gasteiger partial charge in [0.15, 0.2) is 0 Å². The van der Waals surface area contributed by atoms with Gasteiger partial charge in [-0.2, -0.15) is 0 Å². The third kappa shape index (κ3) is 8.51.